The number of aryl methyl sites for hydroxylation is 1. The normalized spacial score (nSPS) is 15.0. The molecule has 40 heavy (non-hydrogen) atoms. The Labute approximate surface area is 239 Å². The van der Waals surface area contributed by atoms with E-state index in [1.165, 1.54) is 28.7 Å². The van der Waals surface area contributed by atoms with Crippen LogP contribution in [0, 0.1) is 6.92 Å². The number of fused-ring (bicyclic) bond motifs is 1. The first kappa shape index (κ1) is 27.5. The van der Waals surface area contributed by atoms with Crippen LogP contribution in [0.15, 0.2) is 109 Å². The predicted molar refractivity (Wildman–Crippen MR) is 157 cm³/mol. The highest BCUT2D eigenvalue weighted by molar-refractivity contribution is 7.99. The summed E-state index contributed by atoms with van der Waals surface area (Å²) in [5, 5.41) is 0.722. The van der Waals surface area contributed by atoms with Gasteiger partial charge in [-0.15, -0.1) is 0 Å². The average Bonchev–Trinajstić information content (AvgIpc) is 3.51. The van der Waals surface area contributed by atoms with Crippen molar-refractivity contribution in [3.63, 3.8) is 0 Å². The van der Waals surface area contributed by atoms with E-state index in [0.29, 0.717) is 38.7 Å². The largest absolute Gasteiger partial charge is 0.490 e. The lowest BCUT2D eigenvalue weighted by Gasteiger charge is -2.24. The van der Waals surface area contributed by atoms with Crippen molar-refractivity contribution in [2.75, 3.05) is 13.2 Å². The topological polar surface area (TPSA) is 83.0 Å². The molecule has 0 bridgehead atoms. The molecule has 0 N–H and O–H groups in total. The first-order valence-electron chi connectivity index (χ1n) is 12.8. The molecule has 1 aliphatic heterocycles. The average molecular weight is 573 g/mol. The Morgan fingerprint density at radius 1 is 1.12 bits per heavy atom. The maximum absolute atomic E-state index is 13.8. The number of allylic oxidation sites excluding steroid dienone is 1. The van der Waals surface area contributed by atoms with E-state index in [4.69, 9.17) is 13.9 Å². The first-order valence-corrected chi connectivity index (χ1v) is 14.4. The Hall–Kier alpha value is -4.08. The minimum atomic E-state index is -0.699. The van der Waals surface area contributed by atoms with Gasteiger partial charge in [-0.3, -0.25) is 9.36 Å². The number of carbonyl (C=O) groups is 1. The fourth-order valence-corrected chi connectivity index (χ4v) is 6.13. The molecule has 7 nitrogen and oxygen atoms in total. The second-order valence-corrected chi connectivity index (χ2v) is 11.1. The fourth-order valence-electron chi connectivity index (χ4n) is 4.33. The van der Waals surface area contributed by atoms with Gasteiger partial charge in [0.25, 0.3) is 5.56 Å². The highest BCUT2D eigenvalue weighted by Gasteiger charge is 2.33. The van der Waals surface area contributed by atoms with Crippen molar-refractivity contribution in [2.45, 2.75) is 36.8 Å². The molecule has 4 aromatic rings. The molecule has 5 rings (SSSR count). The summed E-state index contributed by atoms with van der Waals surface area (Å²) in [7, 11) is 0. The van der Waals surface area contributed by atoms with Crippen molar-refractivity contribution >= 4 is 35.1 Å². The first-order chi connectivity index (χ1) is 19.4. The third-order valence-corrected chi connectivity index (χ3v) is 8.11. The van der Waals surface area contributed by atoms with Gasteiger partial charge in [0.15, 0.2) is 9.89 Å². The number of ether oxygens (including phenoxy) is 2. The van der Waals surface area contributed by atoms with E-state index in [9.17, 15) is 9.59 Å². The van der Waals surface area contributed by atoms with E-state index < -0.39 is 12.0 Å². The molecule has 2 aromatic heterocycles. The van der Waals surface area contributed by atoms with E-state index >= 15 is 0 Å². The summed E-state index contributed by atoms with van der Waals surface area (Å²) >= 11 is 2.77. The van der Waals surface area contributed by atoms with Crippen LogP contribution in [-0.4, -0.2) is 23.8 Å². The SMILES string of the molecule is C=CCOc1ccc([C@@H]2C(C(=O)OCC)=C(C)N=c3s/c(=C\c4ccc(Sc5ccc(C)cc5)o4)c(=O)n32)cc1. The smallest absolute Gasteiger partial charge is 0.338 e. The molecule has 0 spiro atoms. The molecule has 0 saturated heterocycles. The Balaban J connectivity index is 1.54. The van der Waals surface area contributed by atoms with Crippen LogP contribution in [0.1, 0.15) is 36.8 Å². The fraction of sp³-hybridized carbons (Fsp3) is 0.194. The van der Waals surface area contributed by atoms with E-state index in [2.05, 4.69) is 23.7 Å². The molecule has 0 amide bonds. The predicted octanol–water partition coefficient (Wildman–Crippen LogP) is 5.42. The van der Waals surface area contributed by atoms with Crippen molar-refractivity contribution < 1.29 is 18.7 Å². The number of aromatic nitrogens is 1. The van der Waals surface area contributed by atoms with Gasteiger partial charge >= 0.3 is 5.97 Å². The molecule has 2 aromatic carbocycles. The highest BCUT2D eigenvalue weighted by Crippen LogP contribution is 2.32. The van der Waals surface area contributed by atoms with Crippen LogP contribution in [0.3, 0.4) is 0 Å². The number of carbonyl (C=O) groups excluding carboxylic acids is 1. The van der Waals surface area contributed by atoms with Crippen LogP contribution < -0.4 is 19.6 Å². The molecule has 204 valence electrons. The standard InChI is InChI=1S/C31H28N2O5S2/c1-5-17-37-22-11-9-21(10-12-22)28-27(30(35)36-6-2)20(4)32-31-33(28)29(34)25(40-31)18-23-13-16-26(38-23)39-24-14-7-19(3)8-15-24/h5,7-16,18,28H,1,6,17H2,2-4H3/b25-18-/t28-/m1/s1. The Bertz CT molecular complexity index is 1760. The molecule has 1 atom stereocenters. The van der Waals surface area contributed by atoms with Crippen molar-refractivity contribution in [2.24, 2.45) is 4.99 Å². The van der Waals surface area contributed by atoms with Crippen LogP contribution in [0.2, 0.25) is 0 Å². The maximum Gasteiger partial charge on any atom is 0.338 e. The number of nitrogens with zero attached hydrogens (tertiary/aromatic N) is 2. The van der Waals surface area contributed by atoms with Gasteiger partial charge in [-0.25, -0.2) is 9.79 Å². The molecule has 1 aliphatic rings. The molecule has 0 unspecified atom stereocenters. The van der Waals surface area contributed by atoms with E-state index in [0.717, 1.165) is 15.6 Å². The zero-order valence-electron chi connectivity index (χ0n) is 22.4. The molecule has 0 aliphatic carbocycles. The van der Waals surface area contributed by atoms with Crippen LogP contribution in [0.4, 0.5) is 0 Å². The monoisotopic (exact) mass is 572 g/mol. The number of esters is 1. The van der Waals surface area contributed by atoms with E-state index in [1.807, 2.05) is 55.5 Å². The van der Waals surface area contributed by atoms with Gasteiger partial charge in [-0.05, 0) is 62.7 Å². The lowest BCUT2D eigenvalue weighted by molar-refractivity contribution is -0.139. The molecule has 9 heteroatoms. The minimum Gasteiger partial charge on any atom is -0.490 e. The molecular formula is C31H28N2O5S2. The van der Waals surface area contributed by atoms with Crippen molar-refractivity contribution in [1.29, 1.82) is 0 Å². The van der Waals surface area contributed by atoms with Gasteiger partial charge in [0.2, 0.25) is 0 Å². The lowest BCUT2D eigenvalue weighted by Crippen LogP contribution is -2.39. The van der Waals surface area contributed by atoms with E-state index in [-0.39, 0.29) is 12.2 Å². The van der Waals surface area contributed by atoms with Gasteiger partial charge in [0.1, 0.15) is 18.1 Å². The second-order valence-electron chi connectivity index (χ2n) is 9.04. The Kier molecular flexibility index (Phi) is 8.23. The Morgan fingerprint density at radius 3 is 2.58 bits per heavy atom. The highest BCUT2D eigenvalue weighted by atomic mass is 32.2. The summed E-state index contributed by atoms with van der Waals surface area (Å²) in [6, 6.07) is 18.5. The quantitative estimate of drug-likeness (QED) is 0.197. The van der Waals surface area contributed by atoms with Gasteiger partial charge in [0, 0.05) is 11.0 Å². The maximum atomic E-state index is 13.8. The molecular weight excluding hydrogens is 544 g/mol. The van der Waals surface area contributed by atoms with Gasteiger partial charge < -0.3 is 13.9 Å². The summed E-state index contributed by atoms with van der Waals surface area (Å²) in [5.74, 6) is 0.715. The zero-order valence-corrected chi connectivity index (χ0v) is 24.0. The number of benzene rings is 2. The van der Waals surface area contributed by atoms with Crippen molar-refractivity contribution in [3.8, 4) is 5.75 Å². The number of furan rings is 1. The van der Waals surface area contributed by atoms with Crippen molar-refractivity contribution in [1.82, 2.24) is 4.57 Å². The van der Waals surface area contributed by atoms with E-state index in [1.54, 1.807) is 30.6 Å². The molecule has 0 fully saturated rings. The molecule has 0 radical (unpaired) electrons. The Morgan fingerprint density at radius 2 is 1.88 bits per heavy atom. The van der Waals surface area contributed by atoms with Gasteiger partial charge in [0.05, 0.1) is 28.5 Å². The van der Waals surface area contributed by atoms with Crippen LogP contribution in [0.25, 0.3) is 6.08 Å². The summed E-state index contributed by atoms with van der Waals surface area (Å²) in [5.41, 5.74) is 2.51. The van der Waals surface area contributed by atoms with Crippen LogP contribution >= 0.6 is 23.1 Å². The number of thiazole rings is 1. The second kappa shape index (κ2) is 12.0. The number of rotatable bonds is 9. The minimum absolute atomic E-state index is 0.211. The number of hydrogen-bond acceptors (Lipinski definition) is 8. The van der Waals surface area contributed by atoms with Crippen LogP contribution in [0.5, 0.6) is 5.75 Å². The summed E-state index contributed by atoms with van der Waals surface area (Å²) in [6.45, 7) is 9.81. The molecule has 0 saturated carbocycles. The zero-order chi connectivity index (χ0) is 28.2. The lowest BCUT2D eigenvalue weighted by atomic mass is 9.96. The van der Waals surface area contributed by atoms with Crippen molar-refractivity contribution in [3.05, 3.63) is 121 Å². The third-order valence-electron chi connectivity index (χ3n) is 6.20. The summed E-state index contributed by atoms with van der Waals surface area (Å²) in [4.78, 5) is 33.1. The van der Waals surface area contributed by atoms with Crippen LogP contribution in [-0.2, 0) is 9.53 Å². The number of hydrogen-bond donors (Lipinski definition) is 0. The summed E-state index contributed by atoms with van der Waals surface area (Å²) < 4.78 is 19.0. The van der Waals surface area contributed by atoms with Gasteiger partial charge in [-0.2, -0.15) is 0 Å². The molecule has 3 heterocycles. The van der Waals surface area contributed by atoms with Gasteiger partial charge in [-0.1, -0.05) is 65.6 Å². The third kappa shape index (κ3) is 5.76. The summed E-state index contributed by atoms with van der Waals surface area (Å²) in [6.07, 6.45) is 3.38.